The standard InChI is InChI=1S/C22H29N3O2/c1-15(2)11-24-12-16-8-18(14-24)21-9-17(10-22(27)25(21)13-16)20-5-3-4-19(23-20)6-7-26/h3-5,9-10,15-16,18,26H,6-8,11-14H2,1-2H3/t16-,18+/m0/s1. The van der Waals surface area contributed by atoms with Crippen molar-refractivity contribution < 1.29 is 5.11 Å². The molecule has 0 radical (unpaired) electrons. The second kappa shape index (κ2) is 7.56. The topological polar surface area (TPSA) is 58.4 Å². The lowest BCUT2D eigenvalue weighted by Gasteiger charge is -2.43. The predicted molar refractivity (Wildman–Crippen MR) is 107 cm³/mol. The highest BCUT2D eigenvalue weighted by Crippen LogP contribution is 2.36. The van der Waals surface area contributed by atoms with Gasteiger partial charge in [0.1, 0.15) is 0 Å². The molecule has 4 rings (SSSR count). The number of fused-ring (bicyclic) bond motifs is 4. The van der Waals surface area contributed by atoms with Crippen LogP contribution in [0.3, 0.4) is 0 Å². The van der Waals surface area contributed by atoms with Gasteiger partial charge in [0, 0.05) is 68.1 Å². The van der Waals surface area contributed by atoms with E-state index in [0.29, 0.717) is 24.2 Å². The zero-order valence-corrected chi connectivity index (χ0v) is 16.3. The molecular weight excluding hydrogens is 338 g/mol. The maximum atomic E-state index is 12.8. The van der Waals surface area contributed by atoms with Gasteiger partial charge in [0.15, 0.2) is 0 Å². The Morgan fingerprint density at radius 1 is 1.22 bits per heavy atom. The maximum Gasteiger partial charge on any atom is 0.251 e. The van der Waals surface area contributed by atoms with Crippen molar-refractivity contribution in [3.05, 3.63) is 52.1 Å². The molecule has 2 aliphatic rings. The number of piperidine rings is 1. The summed E-state index contributed by atoms with van der Waals surface area (Å²) in [6, 6.07) is 9.71. The maximum absolute atomic E-state index is 12.8. The van der Waals surface area contributed by atoms with Crippen LogP contribution in [0.2, 0.25) is 0 Å². The van der Waals surface area contributed by atoms with Gasteiger partial charge < -0.3 is 14.6 Å². The number of pyridine rings is 2. The molecule has 0 saturated carbocycles. The highest BCUT2D eigenvalue weighted by atomic mass is 16.3. The summed E-state index contributed by atoms with van der Waals surface area (Å²) in [5.41, 5.74) is 3.82. The molecule has 0 spiro atoms. The number of aliphatic hydroxyl groups is 1. The lowest BCUT2D eigenvalue weighted by atomic mass is 9.82. The summed E-state index contributed by atoms with van der Waals surface area (Å²) in [6.07, 6.45) is 1.71. The normalized spacial score (nSPS) is 22.1. The second-order valence-corrected chi connectivity index (χ2v) is 8.52. The van der Waals surface area contributed by atoms with Gasteiger partial charge in [0.2, 0.25) is 0 Å². The molecule has 144 valence electrons. The summed E-state index contributed by atoms with van der Waals surface area (Å²) in [5, 5.41) is 9.17. The number of hydrogen-bond acceptors (Lipinski definition) is 4. The van der Waals surface area contributed by atoms with Crippen LogP contribution < -0.4 is 5.56 Å². The van der Waals surface area contributed by atoms with Crippen molar-refractivity contribution in [2.24, 2.45) is 11.8 Å². The molecule has 2 aliphatic heterocycles. The Bertz CT molecular complexity index is 874. The first kappa shape index (κ1) is 18.4. The summed E-state index contributed by atoms with van der Waals surface area (Å²) in [4.78, 5) is 20.1. The Balaban J connectivity index is 1.68. The summed E-state index contributed by atoms with van der Waals surface area (Å²) in [5.74, 6) is 1.66. The fourth-order valence-corrected chi connectivity index (χ4v) is 4.77. The number of likely N-dealkylation sites (tertiary alicyclic amines) is 1. The SMILES string of the molecule is CC(C)CN1C[C@@H]2C[C@H](C1)c1cc(-c3cccc(CCO)n3)cc(=O)n1C2. The zero-order valence-electron chi connectivity index (χ0n) is 16.3. The van der Waals surface area contributed by atoms with Crippen LogP contribution >= 0.6 is 0 Å². The first-order chi connectivity index (χ1) is 13.0. The third kappa shape index (κ3) is 3.85. The van der Waals surface area contributed by atoms with E-state index in [-0.39, 0.29) is 12.2 Å². The van der Waals surface area contributed by atoms with Crippen LogP contribution in [0.1, 0.15) is 37.6 Å². The van der Waals surface area contributed by atoms with E-state index in [9.17, 15) is 9.90 Å². The predicted octanol–water partition coefficient (Wildman–Crippen LogP) is 2.52. The van der Waals surface area contributed by atoms with Crippen molar-refractivity contribution in [2.75, 3.05) is 26.2 Å². The lowest BCUT2D eigenvalue weighted by molar-refractivity contribution is 0.109. The molecule has 2 atom stereocenters. The monoisotopic (exact) mass is 367 g/mol. The van der Waals surface area contributed by atoms with Crippen LogP contribution in [0, 0.1) is 11.8 Å². The van der Waals surface area contributed by atoms with Crippen LogP contribution in [-0.4, -0.2) is 45.8 Å². The largest absolute Gasteiger partial charge is 0.396 e. The lowest BCUT2D eigenvalue weighted by Crippen LogP contribution is -2.48. The summed E-state index contributed by atoms with van der Waals surface area (Å²) >= 11 is 0. The van der Waals surface area contributed by atoms with Crippen molar-refractivity contribution >= 4 is 0 Å². The number of rotatable bonds is 5. The third-order valence-electron chi connectivity index (χ3n) is 5.73. The Morgan fingerprint density at radius 2 is 2.07 bits per heavy atom. The molecule has 4 heterocycles. The van der Waals surface area contributed by atoms with Gasteiger partial charge in [-0.2, -0.15) is 0 Å². The molecule has 2 aromatic heterocycles. The van der Waals surface area contributed by atoms with Gasteiger partial charge in [-0.15, -0.1) is 0 Å². The Labute approximate surface area is 160 Å². The average Bonchev–Trinajstić information content (AvgIpc) is 2.62. The van der Waals surface area contributed by atoms with Gasteiger partial charge in [-0.1, -0.05) is 19.9 Å². The van der Waals surface area contributed by atoms with Crippen LogP contribution in [-0.2, 0) is 13.0 Å². The van der Waals surface area contributed by atoms with E-state index in [0.717, 1.165) is 48.8 Å². The van der Waals surface area contributed by atoms with Crippen LogP contribution in [0.4, 0.5) is 0 Å². The molecule has 2 aromatic rings. The van der Waals surface area contributed by atoms with Gasteiger partial charge in [0.25, 0.3) is 5.56 Å². The highest BCUT2D eigenvalue weighted by Gasteiger charge is 2.35. The van der Waals surface area contributed by atoms with E-state index >= 15 is 0 Å². The van der Waals surface area contributed by atoms with Crippen molar-refractivity contribution in [3.8, 4) is 11.3 Å². The minimum absolute atomic E-state index is 0.0818. The van der Waals surface area contributed by atoms with Crippen LogP contribution in [0.15, 0.2) is 35.1 Å². The molecule has 1 saturated heterocycles. The Kier molecular flexibility index (Phi) is 5.15. The van der Waals surface area contributed by atoms with Crippen molar-refractivity contribution in [2.45, 2.75) is 39.2 Å². The molecule has 0 unspecified atom stereocenters. The molecule has 0 aromatic carbocycles. The van der Waals surface area contributed by atoms with Crippen LogP contribution in [0.5, 0.6) is 0 Å². The van der Waals surface area contributed by atoms with Crippen LogP contribution in [0.25, 0.3) is 11.3 Å². The van der Waals surface area contributed by atoms with E-state index in [1.165, 1.54) is 6.42 Å². The van der Waals surface area contributed by atoms with Gasteiger partial charge >= 0.3 is 0 Å². The highest BCUT2D eigenvalue weighted by molar-refractivity contribution is 5.59. The third-order valence-corrected chi connectivity index (χ3v) is 5.73. The van der Waals surface area contributed by atoms with Crippen molar-refractivity contribution in [1.29, 1.82) is 0 Å². The minimum Gasteiger partial charge on any atom is -0.396 e. The Hall–Kier alpha value is -1.98. The van der Waals surface area contributed by atoms with Gasteiger partial charge in [0.05, 0.1) is 5.69 Å². The van der Waals surface area contributed by atoms with Gasteiger partial charge in [-0.3, -0.25) is 9.78 Å². The molecule has 5 nitrogen and oxygen atoms in total. The smallest absolute Gasteiger partial charge is 0.251 e. The van der Waals surface area contributed by atoms with E-state index in [2.05, 4.69) is 29.8 Å². The average molecular weight is 367 g/mol. The first-order valence-corrected chi connectivity index (χ1v) is 10.1. The quantitative estimate of drug-likeness (QED) is 0.882. The second-order valence-electron chi connectivity index (χ2n) is 8.52. The molecule has 0 aliphatic carbocycles. The fraction of sp³-hybridized carbons (Fsp3) is 0.545. The number of aromatic nitrogens is 2. The first-order valence-electron chi connectivity index (χ1n) is 10.1. The molecule has 1 fully saturated rings. The fourth-order valence-electron chi connectivity index (χ4n) is 4.77. The molecule has 27 heavy (non-hydrogen) atoms. The van der Waals surface area contributed by atoms with E-state index in [1.807, 2.05) is 22.8 Å². The van der Waals surface area contributed by atoms with E-state index < -0.39 is 0 Å². The van der Waals surface area contributed by atoms with E-state index in [1.54, 1.807) is 6.07 Å². The zero-order chi connectivity index (χ0) is 19.0. The van der Waals surface area contributed by atoms with Gasteiger partial charge in [-0.05, 0) is 36.5 Å². The minimum atomic E-state index is 0.0818. The Morgan fingerprint density at radius 3 is 2.85 bits per heavy atom. The summed E-state index contributed by atoms with van der Waals surface area (Å²) < 4.78 is 1.99. The molecule has 2 bridgehead atoms. The molecular formula is C22H29N3O2. The van der Waals surface area contributed by atoms with E-state index in [4.69, 9.17) is 0 Å². The number of hydrogen-bond donors (Lipinski definition) is 1. The molecule has 5 heteroatoms. The summed E-state index contributed by atoms with van der Waals surface area (Å²) in [7, 11) is 0. The van der Waals surface area contributed by atoms with Crippen molar-refractivity contribution in [3.63, 3.8) is 0 Å². The number of nitrogens with zero attached hydrogens (tertiary/aromatic N) is 3. The van der Waals surface area contributed by atoms with Gasteiger partial charge in [-0.25, -0.2) is 0 Å². The number of aliphatic hydroxyl groups excluding tert-OH is 1. The summed E-state index contributed by atoms with van der Waals surface area (Å²) in [6.45, 7) is 8.72. The molecule has 1 N–H and O–H groups in total. The molecule has 0 amide bonds. The van der Waals surface area contributed by atoms with Crippen molar-refractivity contribution in [1.82, 2.24) is 14.5 Å².